The number of aromatic nitrogens is 2. The third-order valence-electron chi connectivity index (χ3n) is 5.19. The number of benzene rings is 2. The molecule has 2 aromatic carbocycles. The molecule has 0 radical (unpaired) electrons. The average Bonchev–Trinajstić information content (AvgIpc) is 3.18. The Morgan fingerprint density at radius 3 is 2.89 bits per heavy atom. The first kappa shape index (κ1) is 18.7. The van der Waals surface area contributed by atoms with Crippen LogP contribution in [-0.4, -0.2) is 21.9 Å². The van der Waals surface area contributed by atoms with Crippen LogP contribution in [0.25, 0.3) is 11.5 Å². The molecule has 0 aliphatic heterocycles. The second kappa shape index (κ2) is 8.19. The minimum Gasteiger partial charge on any atom is -0.411 e. The highest BCUT2D eigenvalue weighted by molar-refractivity contribution is 7.99. The predicted molar refractivity (Wildman–Crippen MR) is 110 cm³/mol. The van der Waals surface area contributed by atoms with E-state index < -0.39 is 0 Å². The molecule has 3 aromatic rings. The van der Waals surface area contributed by atoms with Gasteiger partial charge < -0.3 is 9.73 Å². The fourth-order valence-electron chi connectivity index (χ4n) is 3.53. The van der Waals surface area contributed by atoms with Gasteiger partial charge >= 0.3 is 0 Å². The predicted octanol–water partition coefficient (Wildman–Crippen LogP) is 4.64. The van der Waals surface area contributed by atoms with Crippen LogP contribution in [0.3, 0.4) is 0 Å². The van der Waals surface area contributed by atoms with E-state index in [0.717, 1.165) is 24.8 Å². The molecule has 1 N–H and O–H groups in total. The summed E-state index contributed by atoms with van der Waals surface area (Å²) in [6.45, 7) is 4.12. The highest BCUT2D eigenvalue weighted by atomic mass is 32.2. The fourth-order valence-corrected chi connectivity index (χ4v) is 4.10. The Balaban J connectivity index is 1.36. The zero-order chi connectivity index (χ0) is 19.5. The second-order valence-electron chi connectivity index (χ2n) is 7.17. The summed E-state index contributed by atoms with van der Waals surface area (Å²) in [5.74, 6) is 0.720. The van der Waals surface area contributed by atoms with Gasteiger partial charge in [-0.3, -0.25) is 4.79 Å². The van der Waals surface area contributed by atoms with Crippen molar-refractivity contribution in [1.82, 2.24) is 15.5 Å². The molecule has 1 amide bonds. The summed E-state index contributed by atoms with van der Waals surface area (Å²) >= 11 is 1.27. The van der Waals surface area contributed by atoms with E-state index in [-0.39, 0.29) is 17.7 Å². The molecule has 0 saturated carbocycles. The number of thioether (sulfide) groups is 1. The first-order valence-electron chi connectivity index (χ1n) is 9.51. The molecule has 0 fully saturated rings. The summed E-state index contributed by atoms with van der Waals surface area (Å²) in [4.78, 5) is 12.4. The molecule has 0 spiro atoms. The zero-order valence-electron chi connectivity index (χ0n) is 16.1. The molecule has 1 atom stereocenters. The van der Waals surface area contributed by atoms with Crippen molar-refractivity contribution in [2.75, 3.05) is 5.75 Å². The van der Waals surface area contributed by atoms with E-state index in [0.29, 0.717) is 11.1 Å². The van der Waals surface area contributed by atoms with Crippen molar-refractivity contribution in [3.63, 3.8) is 0 Å². The van der Waals surface area contributed by atoms with E-state index in [4.69, 9.17) is 4.42 Å². The number of hydrogen-bond donors (Lipinski definition) is 1. The number of nitrogens with one attached hydrogen (secondary N) is 1. The molecule has 0 unspecified atom stereocenters. The van der Waals surface area contributed by atoms with Crippen LogP contribution in [-0.2, 0) is 11.2 Å². The monoisotopic (exact) mass is 393 g/mol. The number of amides is 1. The number of fused-ring (bicyclic) bond motifs is 1. The second-order valence-corrected chi connectivity index (χ2v) is 8.10. The lowest BCUT2D eigenvalue weighted by molar-refractivity contribution is -0.119. The lowest BCUT2D eigenvalue weighted by Gasteiger charge is -2.26. The Morgan fingerprint density at radius 2 is 2.04 bits per heavy atom. The van der Waals surface area contributed by atoms with Crippen LogP contribution in [0.1, 0.15) is 41.1 Å². The Hall–Kier alpha value is -2.60. The minimum absolute atomic E-state index is 0.0161. The van der Waals surface area contributed by atoms with Crippen molar-refractivity contribution in [1.29, 1.82) is 0 Å². The molecule has 1 aliphatic carbocycles. The van der Waals surface area contributed by atoms with E-state index in [1.54, 1.807) is 0 Å². The summed E-state index contributed by atoms with van der Waals surface area (Å²) in [5.41, 5.74) is 5.87. The molecule has 1 aliphatic rings. The van der Waals surface area contributed by atoms with Crippen LogP contribution >= 0.6 is 11.8 Å². The van der Waals surface area contributed by atoms with Gasteiger partial charge in [0, 0.05) is 5.56 Å². The Kier molecular flexibility index (Phi) is 5.48. The molecule has 6 heteroatoms. The quantitative estimate of drug-likeness (QED) is 0.640. The van der Waals surface area contributed by atoms with Crippen LogP contribution in [0.2, 0.25) is 0 Å². The first-order chi connectivity index (χ1) is 13.6. The number of nitrogens with zero attached hydrogens (tertiary/aromatic N) is 2. The van der Waals surface area contributed by atoms with E-state index in [9.17, 15) is 4.79 Å². The van der Waals surface area contributed by atoms with Gasteiger partial charge in [-0.2, -0.15) is 0 Å². The van der Waals surface area contributed by atoms with Gasteiger partial charge in [-0.25, -0.2) is 0 Å². The van der Waals surface area contributed by atoms with Crippen LogP contribution in [0.4, 0.5) is 0 Å². The summed E-state index contributed by atoms with van der Waals surface area (Å²) in [5, 5.41) is 11.7. The summed E-state index contributed by atoms with van der Waals surface area (Å²) in [7, 11) is 0. The summed E-state index contributed by atoms with van der Waals surface area (Å²) < 4.78 is 5.72. The van der Waals surface area contributed by atoms with Crippen molar-refractivity contribution in [3.8, 4) is 11.5 Å². The van der Waals surface area contributed by atoms with Gasteiger partial charge in [-0.05, 0) is 67.5 Å². The fraction of sp³-hybridized carbons (Fsp3) is 0.318. The number of carbonyl (C=O) groups excluding carboxylic acids is 1. The summed E-state index contributed by atoms with van der Waals surface area (Å²) in [6, 6.07) is 14.5. The van der Waals surface area contributed by atoms with Gasteiger partial charge in [0.1, 0.15) is 0 Å². The highest BCUT2D eigenvalue weighted by Crippen LogP contribution is 2.30. The lowest BCUT2D eigenvalue weighted by Crippen LogP contribution is -2.32. The molecule has 4 rings (SSSR count). The molecule has 144 valence electrons. The third kappa shape index (κ3) is 4.12. The van der Waals surface area contributed by atoms with Crippen molar-refractivity contribution in [2.45, 2.75) is 44.4 Å². The van der Waals surface area contributed by atoms with E-state index >= 15 is 0 Å². The largest absolute Gasteiger partial charge is 0.411 e. The average molecular weight is 394 g/mol. The molecule has 5 nitrogen and oxygen atoms in total. The highest BCUT2D eigenvalue weighted by Gasteiger charge is 2.21. The number of rotatable bonds is 5. The van der Waals surface area contributed by atoms with Gasteiger partial charge in [-0.15, -0.1) is 10.2 Å². The van der Waals surface area contributed by atoms with Gasteiger partial charge in [0.05, 0.1) is 11.8 Å². The van der Waals surface area contributed by atoms with Crippen molar-refractivity contribution < 1.29 is 9.21 Å². The summed E-state index contributed by atoms with van der Waals surface area (Å²) in [6.07, 6.45) is 3.16. The normalized spacial score (nSPS) is 15.9. The molecular weight excluding hydrogens is 370 g/mol. The smallest absolute Gasteiger partial charge is 0.277 e. The van der Waals surface area contributed by atoms with Gasteiger partial charge in [0.15, 0.2) is 0 Å². The molecule has 1 heterocycles. The van der Waals surface area contributed by atoms with Gasteiger partial charge in [0.25, 0.3) is 5.22 Å². The maximum atomic E-state index is 12.4. The first-order valence-corrected chi connectivity index (χ1v) is 10.5. The maximum absolute atomic E-state index is 12.4. The maximum Gasteiger partial charge on any atom is 0.277 e. The minimum atomic E-state index is -0.0161. The molecular formula is C22H23N3O2S. The van der Waals surface area contributed by atoms with E-state index in [2.05, 4.69) is 47.6 Å². The SMILES string of the molecule is Cc1ccc(-c2nnc(SCC(=O)N[C@@H]3CCCc4ccccc43)o2)cc1C. The third-order valence-corrected chi connectivity index (χ3v) is 6.01. The zero-order valence-corrected chi connectivity index (χ0v) is 16.9. The Bertz CT molecular complexity index is 999. The molecule has 0 bridgehead atoms. The molecule has 28 heavy (non-hydrogen) atoms. The number of carbonyl (C=O) groups is 1. The van der Waals surface area contributed by atoms with Crippen molar-refractivity contribution in [3.05, 3.63) is 64.7 Å². The number of hydrogen-bond acceptors (Lipinski definition) is 5. The Labute approximate surface area is 168 Å². The number of aryl methyl sites for hydroxylation is 3. The Morgan fingerprint density at radius 1 is 1.18 bits per heavy atom. The van der Waals surface area contributed by atoms with Crippen LogP contribution < -0.4 is 5.32 Å². The molecule has 1 aromatic heterocycles. The van der Waals surface area contributed by atoms with Crippen LogP contribution in [0.5, 0.6) is 0 Å². The standard InChI is InChI=1S/C22H23N3O2S/c1-14-10-11-17(12-15(14)2)21-24-25-22(27-21)28-13-20(26)23-19-9-5-7-16-6-3-4-8-18(16)19/h3-4,6,8,10-12,19H,5,7,9,13H2,1-2H3,(H,23,26)/t19-/m1/s1. The van der Waals surface area contributed by atoms with Crippen molar-refractivity contribution in [2.24, 2.45) is 0 Å². The van der Waals surface area contributed by atoms with Crippen LogP contribution in [0.15, 0.2) is 52.1 Å². The molecule has 0 saturated heterocycles. The topological polar surface area (TPSA) is 68.0 Å². The lowest BCUT2D eigenvalue weighted by atomic mass is 9.88. The van der Waals surface area contributed by atoms with Gasteiger partial charge in [-0.1, -0.05) is 42.1 Å². The van der Waals surface area contributed by atoms with E-state index in [1.807, 2.05) is 24.3 Å². The van der Waals surface area contributed by atoms with Crippen LogP contribution in [0, 0.1) is 13.8 Å². The van der Waals surface area contributed by atoms with E-state index in [1.165, 1.54) is 34.0 Å². The van der Waals surface area contributed by atoms with Crippen molar-refractivity contribution >= 4 is 17.7 Å². The van der Waals surface area contributed by atoms with Gasteiger partial charge in [0.2, 0.25) is 11.8 Å².